The maximum atomic E-state index is 12.6. The molecule has 0 radical (unpaired) electrons. The van der Waals surface area contributed by atoms with Crippen molar-refractivity contribution in [2.75, 3.05) is 6.54 Å². The molecule has 3 fully saturated rings. The van der Waals surface area contributed by atoms with Crippen LogP contribution < -0.4 is 0 Å². The molecule has 0 aromatic rings. The summed E-state index contributed by atoms with van der Waals surface area (Å²) in [7, 11) is 0. The molecule has 1 heterocycles. The standard InChI is InChI=1S/C14H21NO2.C2H4/c1-9(2)8-15-12(16)7-14(13(15)17)6-10-3-4-11(14)5-10;1-2/h9-11H,3-8H2,1-2H3;1-2H2. The maximum absolute atomic E-state index is 12.6. The summed E-state index contributed by atoms with van der Waals surface area (Å²) in [5.41, 5.74) is -0.269. The van der Waals surface area contributed by atoms with Crippen molar-refractivity contribution in [2.24, 2.45) is 23.2 Å². The summed E-state index contributed by atoms with van der Waals surface area (Å²) in [6.07, 6.45) is 5.11. The molecular formula is C16H25NO2. The largest absolute Gasteiger partial charge is 0.282 e. The van der Waals surface area contributed by atoms with Gasteiger partial charge >= 0.3 is 0 Å². The third kappa shape index (κ3) is 2.13. The van der Waals surface area contributed by atoms with Crippen molar-refractivity contribution in [3.05, 3.63) is 13.2 Å². The van der Waals surface area contributed by atoms with Crippen LogP contribution in [0.2, 0.25) is 0 Å². The Morgan fingerprint density at radius 3 is 2.47 bits per heavy atom. The van der Waals surface area contributed by atoms with E-state index in [-0.39, 0.29) is 17.2 Å². The average Bonchev–Trinajstić information content (AvgIpc) is 3.02. The van der Waals surface area contributed by atoms with Crippen LogP contribution >= 0.6 is 0 Å². The van der Waals surface area contributed by atoms with E-state index in [9.17, 15) is 9.59 Å². The van der Waals surface area contributed by atoms with Gasteiger partial charge in [-0.05, 0) is 37.0 Å². The maximum Gasteiger partial charge on any atom is 0.236 e. The van der Waals surface area contributed by atoms with Crippen LogP contribution in [0.15, 0.2) is 13.2 Å². The van der Waals surface area contributed by atoms with Crippen molar-refractivity contribution < 1.29 is 9.59 Å². The number of carbonyl (C=O) groups is 2. The molecule has 0 N–H and O–H groups in total. The Labute approximate surface area is 116 Å². The summed E-state index contributed by atoms with van der Waals surface area (Å²) in [5, 5.41) is 0. The van der Waals surface area contributed by atoms with Crippen LogP contribution in [0, 0.1) is 23.2 Å². The molecule has 3 nitrogen and oxygen atoms in total. The van der Waals surface area contributed by atoms with Gasteiger partial charge in [0.15, 0.2) is 0 Å². The molecule has 0 aromatic heterocycles. The monoisotopic (exact) mass is 263 g/mol. The lowest BCUT2D eigenvalue weighted by atomic mass is 9.72. The van der Waals surface area contributed by atoms with E-state index in [0.29, 0.717) is 24.8 Å². The zero-order valence-corrected chi connectivity index (χ0v) is 12.2. The van der Waals surface area contributed by atoms with Crippen LogP contribution in [-0.4, -0.2) is 23.3 Å². The highest BCUT2D eigenvalue weighted by Crippen LogP contribution is 2.60. The van der Waals surface area contributed by atoms with Crippen LogP contribution in [0.5, 0.6) is 0 Å². The Balaban J connectivity index is 0.000000637. The first-order valence-corrected chi connectivity index (χ1v) is 7.38. The first-order valence-electron chi connectivity index (χ1n) is 7.38. The first kappa shape index (κ1) is 14.3. The Morgan fingerprint density at radius 2 is 2.00 bits per heavy atom. The summed E-state index contributed by atoms with van der Waals surface area (Å²) in [4.78, 5) is 26.2. The van der Waals surface area contributed by atoms with Gasteiger partial charge in [-0.3, -0.25) is 14.5 Å². The van der Waals surface area contributed by atoms with Crippen LogP contribution in [0.4, 0.5) is 0 Å². The predicted molar refractivity (Wildman–Crippen MR) is 75.3 cm³/mol. The normalized spacial score (nSPS) is 36.3. The number of hydrogen-bond acceptors (Lipinski definition) is 2. The van der Waals surface area contributed by atoms with Crippen LogP contribution in [-0.2, 0) is 9.59 Å². The molecule has 3 heteroatoms. The van der Waals surface area contributed by atoms with Gasteiger partial charge in [-0.15, -0.1) is 13.2 Å². The molecule has 106 valence electrons. The third-order valence-electron chi connectivity index (χ3n) is 4.96. The van der Waals surface area contributed by atoms with Crippen molar-refractivity contribution in [1.29, 1.82) is 0 Å². The summed E-state index contributed by atoms with van der Waals surface area (Å²) < 4.78 is 0. The number of carbonyl (C=O) groups excluding carboxylic acids is 2. The summed E-state index contributed by atoms with van der Waals surface area (Å²) in [6.45, 7) is 10.7. The minimum absolute atomic E-state index is 0.0799. The highest BCUT2D eigenvalue weighted by molar-refractivity contribution is 6.06. The van der Waals surface area contributed by atoms with E-state index in [4.69, 9.17) is 0 Å². The van der Waals surface area contributed by atoms with Gasteiger partial charge in [0.1, 0.15) is 0 Å². The van der Waals surface area contributed by atoms with Gasteiger partial charge in [0.25, 0.3) is 0 Å². The van der Waals surface area contributed by atoms with E-state index in [0.717, 1.165) is 12.3 Å². The Bertz CT molecular complexity index is 390. The van der Waals surface area contributed by atoms with E-state index < -0.39 is 0 Å². The number of nitrogens with zero attached hydrogens (tertiary/aromatic N) is 1. The number of hydrogen-bond donors (Lipinski definition) is 0. The molecule has 3 rings (SSSR count). The Kier molecular flexibility index (Phi) is 3.84. The van der Waals surface area contributed by atoms with Crippen LogP contribution in [0.3, 0.4) is 0 Å². The van der Waals surface area contributed by atoms with Gasteiger partial charge in [0.05, 0.1) is 5.41 Å². The molecule has 1 saturated heterocycles. The Morgan fingerprint density at radius 1 is 1.32 bits per heavy atom. The molecule has 2 saturated carbocycles. The smallest absolute Gasteiger partial charge is 0.236 e. The first-order chi connectivity index (χ1) is 9.03. The number of rotatable bonds is 2. The number of imide groups is 1. The second kappa shape index (κ2) is 5.10. The SMILES string of the molecule is C=C.CC(C)CN1C(=O)CC2(CC3CCC2C3)C1=O. The van der Waals surface area contributed by atoms with Crippen molar-refractivity contribution in [3.8, 4) is 0 Å². The lowest BCUT2D eigenvalue weighted by Crippen LogP contribution is -2.40. The molecule has 3 unspecified atom stereocenters. The highest BCUT2D eigenvalue weighted by Gasteiger charge is 2.61. The molecule has 1 spiro atoms. The van der Waals surface area contributed by atoms with E-state index in [2.05, 4.69) is 27.0 Å². The average molecular weight is 263 g/mol. The number of amides is 2. The van der Waals surface area contributed by atoms with Crippen molar-refractivity contribution in [3.63, 3.8) is 0 Å². The highest BCUT2D eigenvalue weighted by atomic mass is 16.2. The number of likely N-dealkylation sites (tertiary alicyclic amines) is 1. The molecule has 3 atom stereocenters. The molecular weight excluding hydrogens is 238 g/mol. The van der Waals surface area contributed by atoms with Crippen molar-refractivity contribution >= 4 is 11.8 Å². The lowest BCUT2D eigenvalue weighted by Gasteiger charge is -2.31. The van der Waals surface area contributed by atoms with Crippen LogP contribution in [0.1, 0.15) is 46.0 Å². The molecule has 3 aliphatic rings. The van der Waals surface area contributed by atoms with E-state index in [1.54, 1.807) is 4.90 Å². The molecule has 1 aliphatic heterocycles. The van der Waals surface area contributed by atoms with Gasteiger partial charge in [-0.25, -0.2) is 0 Å². The second-order valence-corrected chi connectivity index (χ2v) is 6.62. The van der Waals surface area contributed by atoms with Crippen LogP contribution in [0.25, 0.3) is 0 Å². The molecule has 0 aromatic carbocycles. The Hall–Kier alpha value is -1.12. The van der Waals surface area contributed by atoms with E-state index in [1.807, 2.05) is 0 Å². The van der Waals surface area contributed by atoms with E-state index >= 15 is 0 Å². The molecule has 19 heavy (non-hydrogen) atoms. The quantitative estimate of drug-likeness (QED) is 0.567. The minimum atomic E-state index is -0.269. The van der Waals surface area contributed by atoms with E-state index in [1.165, 1.54) is 19.3 Å². The topological polar surface area (TPSA) is 37.4 Å². The number of fused-ring (bicyclic) bond motifs is 3. The summed E-state index contributed by atoms with van der Waals surface area (Å²) in [6, 6.07) is 0. The lowest BCUT2D eigenvalue weighted by molar-refractivity contribution is -0.143. The fourth-order valence-electron chi connectivity index (χ4n) is 4.30. The van der Waals surface area contributed by atoms with Gasteiger partial charge in [-0.2, -0.15) is 0 Å². The predicted octanol–water partition coefficient (Wildman–Crippen LogP) is 3.01. The second-order valence-electron chi connectivity index (χ2n) is 6.62. The molecule has 2 amide bonds. The zero-order valence-electron chi connectivity index (χ0n) is 12.2. The van der Waals surface area contributed by atoms with Gasteiger partial charge in [0, 0.05) is 13.0 Å². The third-order valence-corrected chi connectivity index (χ3v) is 4.96. The summed E-state index contributed by atoms with van der Waals surface area (Å²) in [5.74, 6) is 1.83. The zero-order chi connectivity index (χ0) is 14.2. The minimum Gasteiger partial charge on any atom is -0.282 e. The van der Waals surface area contributed by atoms with Gasteiger partial charge in [0.2, 0.25) is 11.8 Å². The van der Waals surface area contributed by atoms with Gasteiger partial charge < -0.3 is 0 Å². The molecule has 2 aliphatic carbocycles. The fourth-order valence-corrected chi connectivity index (χ4v) is 4.30. The van der Waals surface area contributed by atoms with Crippen molar-refractivity contribution in [1.82, 2.24) is 4.90 Å². The van der Waals surface area contributed by atoms with Crippen molar-refractivity contribution in [2.45, 2.75) is 46.0 Å². The summed E-state index contributed by atoms with van der Waals surface area (Å²) >= 11 is 0. The van der Waals surface area contributed by atoms with Gasteiger partial charge in [-0.1, -0.05) is 20.3 Å². The fraction of sp³-hybridized carbons (Fsp3) is 0.750. The molecule has 2 bridgehead atoms.